The quantitative estimate of drug-likeness (QED) is 0.189. The SMILES string of the molecule is CCOC(=O)C1=C(C)N=c2s/c(=C\c3cc(Br)c(OCc4ccc(Cl)cc4Cl)c(Br)c3)c(=O)n2[C@@H]1c1ccc2c(c1)OCO2. The molecule has 3 aromatic carbocycles. The van der Waals surface area contributed by atoms with Gasteiger partial charge in [0.25, 0.3) is 5.56 Å². The van der Waals surface area contributed by atoms with Crippen molar-refractivity contribution in [2.24, 2.45) is 4.99 Å². The molecule has 8 nitrogen and oxygen atoms in total. The fourth-order valence-corrected chi connectivity index (χ4v) is 7.89. The highest BCUT2D eigenvalue weighted by molar-refractivity contribution is 9.11. The van der Waals surface area contributed by atoms with Crippen LogP contribution in [-0.4, -0.2) is 23.9 Å². The maximum atomic E-state index is 14.0. The number of benzene rings is 3. The molecular formula is C31H22Br2Cl2N2O6S. The summed E-state index contributed by atoms with van der Waals surface area (Å²) in [7, 11) is 0. The van der Waals surface area contributed by atoms with Crippen LogP contribution in [0.4, 0.5) is 0 Å². The number of fused-ring (bicyclic) bond motifs is 2. The Morgan fingerprint density at radius 1 is 1.11 bits per heavy atom. The Hall–Kier alpha value is -3.09. The number of thiazole rings is 1. The molecule has 0 saturated carbocycles. The Morgan fingerprint density at radius 3 is 2.59 bits per heavy atom. The van der Waals surface area contributed by atoms with Gasteiger partial charge in [0, 0.05) is 15.6 Å². The first kappa shape index (κ1) is 30.9. The van der Waals surface area contributed by atoms with Gasteiger partial charge in [-0.3, -0.25) is 9.36 Å². The number of halogens is 4. The van der Waals surface area contributed by atoms with Gasteiger partial charge in [-0.25, -0.2) is 9.79 Å². The van der Waals surface area contributed by atoms with Crippen LogP contribution in [0, 0.1) is 0 Å². The standard InChI is InChI=1S/C31H22Br2Cl2N2O6S/c1-3-40-30(39)26-15(2)36-31-37(27(26)17-5-7-23-24(11-17)43-14-42-23)29(38)25(44-31)10-16-8-20(32)28(21(33)9-16)41-13-18-4-6-19(34)12-22(18)35/h4-12,27H,3,13-14H2,1-2H3/b25-10-/t27-/m1/s1. The van der Waals surface area contributed by atoms with Crippen LogP contribution in [0.3, 0.4) is 0 Å². The van der Waals surface area contributed by atoms with Crippen LogP contribution >= 0.6 is 66.4 Å². The van der Waals surface area contributed by atoms with Crippen molar-refractivity contribution in [1.82, 2.24) is 4.57 Å². The van der Waals surface area contributed by atoms with Gasteiger partial charge >= 0.3 is 5.97 Å². The summed E-state index contributed by atoms with van der Waals surface area (Å²) < 4.78 is 25.8. The van der Waals surface area contributed by atoms with E-state index in [1.165, 1.54) is 15.9 Å². The summed E-state index contributed by atoms with van der Waals surface area (Å²) in [5.74, 6) is 1.18. The second-order valence-electron chi connectivity index (χ2n) is 9.75. The van der Waals surface area contributed by atoms with Gasteiger partial charge in [0.05, 0.1) is 37.4 Å². The molecule has 0 spiro atoms. The molecule has 0 amide bonds. The number of nitrogens with zero attached hydrogens (tertiary/aromatic N) is 2. The van der Waals surface area contributed by atoms with E-state index in [9.17, 15) is 9.59 Å². The van der Waals surface area contributed by atoms with E-state index in [-0.39, 0.29) is 31.1 Å². The van der Waals surface area contributed by atoms with Crippen molar-refractivity contribution in [3.63, 3.8) is 0 Å². The number of carbonyl (C=O) groups is 1. The summed E-state index contributed by atoms with van der Waals surface area (Å²) >= 11 is 20.7. The molecule has 0 N–H and O–H groups in total. The number of aromatic nitrogens is 1. The molecule has 0 bridgehead atoms. The van der Waals surface area contributed by atoms with E-state index < -0.39 is 12.0 Å². The van der Waals surface area contributed by atoms with Crippen LogP contribution in [0.25, 0.3) is 6.08 Å². The molecule has 2 aliphatic rings. The summed E-state index contributed by atoms with van der Waals surface area (Å²) in [6.07, 6.45) is 1.78. The van der Waals surface area contributed by atoms with Crippen molar-refractivity contribution in [3.05, 3.63) is 115 Å². The van der Waals surface area contributed by atoms with Crippen molar-refractivity contribution in [2.45, 2.75) is 26.5 Å². The van der Waals surface area contributed by atoms with Gasteiger partial charge in [0.15, 0.2) is 16.3 Å². The number of hydrogen-bond acceptors (Lipinski definition) is 8. The normalized spacial score (nSPS) is 15.7. The first-order valence-corrected chi connectivity index (χ1v) is 16.5. The molecule has 0 unspecified atom stereocenters. The second-order valence-corrected chi connectivity index (χ2v) is 13.3. The van der Waals surface area contributed by atoms with Crippen LogP contribution in [0.15, 0.2) is 78.5 Å². The van der Waals surface area contributed by atoms with E-state index in [1.807, 2.05) is 24.3 Å². The van der Waals surface area contributed by atoms with Crippen molar-refractivity contribution in [1.29, 1.82) is 0 Å². The smallest absolute Gasteiger partial charge is 0.338 e. The molecule has 44 heavy (non-hydrogen) atoms. The van der Waals surface area contributed by atoms with Gasteiger partial charge in [0.2, 0.25) is 6.79 Å². The number of carbonyl (C=O) groups excluding carboxylic acids is 1. The van der Waals surface area contributed by atoms with E-state index in [0.717, 1.165) is 11.1 Å². The molecule has 1 aromatic heterocycles. The van der Waals surface area contributed by atoms with Gasteiger partial charge in [-0.2, -0.15) is 0 Å². The Bertz CT molecular complexity index is 2020. The second kappa shape index (κ2) is 12.7. The van der Waals surface area contributed by atoms with E-state index in [1.54, 1.807) is 44.2 Å². The summed E-state index contributed by atoms with van der Waals surface area (Å²) in [4.78, 5) is 32.3. The molecular weight excluding hydrogens is 759 g/mol. The van der Waals surface area contributed by atoms with Crippen LogP contribution in [-0.2, 0) is 16.1 Å². The van der Waals surface area contributed by atoms with Crippen LogP contribution < -0.4 is 29.1 Å². The summed E-state index contributed by atoms with van der Waals surface area (Å²) in [5.41, 5.74) is 2.67. The summed E-state index contributed by atoms with van der Waals surface area (Å²) in [5, 5.41) is 1.06. The van der Waals surface area contributed by atoms with Gasteiger partial charge in [0.1, 0.15) is 12.4 Å². The highest BCUT2D eigenvalue weighted by atomic mass is 79.9. The van der Waals surface area contributed by atoms with E-state index in [2.05, 4.69) is 36.9 Å². The maximum absolute atomic E-state index is 14.0. The number of allylic oxidation sites excluding steroid dienone is 1. The molecule has 2 aliphatic heterocycles. The average molecular weight is 781 g/mol. The van der Waals surface area contributed by atoms with E-state index in [4.69, 9.17) is 42.1 Å². The molecule has 3 heterocycles. The monoisotopic (exact) mass is 778 g/mol. The number of rotatable bonds is 7. The van der Waals surface area contributed by atoms with Gasteiger partial charge in [-0.05, 0) is 99.3 Å². The Kier molecular flexibility index (Phi) is 8.94. The van der Waals surface area contributed by atoms with Crippen molar-refractivity contribution in [2.75, 3.05) is 13.4 Å². The summed E-state index contributed by atoms with van der Waals surface area (Å²) in [6.45, 7) is 3.99. The molecule has 13 heteroatoms. The highest BCUT2D eigenvalue weighted by Crippen LogP contribution is 2.39. The lowest BCUT2D eigenvalue weighted by Gasteiger charge is -2.24. The molecule has 0 fully saturated rings. The van der Waals surface area contributed by atoms with Crippen molar-refractivity contribution >= 4 is 78.4 Å². The lowest BCUT2D eigenvalue weighted by molar-refractivity contribution is -0.139. The average Bonchev–Trinajstić information content (AvgIpc) is 3.56. The predicted molar refractivity (Wildman–Crippen MR) is 176 cm³/mol. The molecule has 1 atom stereocenters. The minimum absolute atomic E-state index is 0.102. The maximum Gasteiger partial charge on any atom is 0.338 e. The van der Waals surface area contributed by atoms with Crippen LogP contribution in [0.5, 0.6) is 17.2 Å². The fourth-order valence-electron chi connectivity index (χ4n) is 4.93. The molecule has 0 aliphatic carbocycles. The first-order chi connectivity index (χ1) is 21.1. The van der Waals surface area contributed by atoms with E-state index >= 15 is 0 Å². The Morgan fingerprint density at radius 2 is 1.86 bits per heavy atom. The minimum atomic E-state index is -0.768. The number of esters is 1. The third kappa shape index (κ3) is 5.95. The minimum Gasteiger partial charge on any atom is -0.486 e. The Labute approximate surface area is 282 Å². The molecule has 0 saturated heterocycles. The zero-order valence-corrected chi connectivity index (χ0v) is 28.7. The third-order valence-corrected chi connectivity index (χ3v) is 9.68. The number of hydrogen-bond donors (Lipinski definition) is 0. The van der Waals surface area contributed by atoms with Gasteiger partial charge in [-0.15, -0.1) is 0 Å². The van der Waals surface area contributed by atoms with Crippen LogP contribution in [0.1, 0.15) is 36.6 Å². The molecule has 4 aromatic rings. The van der Waals surface area contributed by atoms with E-state index in [0.29, 0.717) is 56.8 Å². The predicted octanol–water partition coefficient (Wildman–Crippen LogP) is 6.94. The van der Waals surface area contributed by atoms with Crippen molar-refractivity contribution in [3.8, 4) is 17.2 Å². The zero-order chi connectivity index (χ0) is 31.1. The van der Waals surface area contributed by atoms with Crippen molar-refractivity contribution < 1.29 is 23.7 Å². The lowest BCUT2D eigenvalue weighted by atomic mass is 9.95. The molecule has 226 valence electrons. The third-order valence-electron chi connectivity index (χ3n) is 6.93. The molecule has 6 rings (SSSR count). The Balaban J connectivity index is 1.39. The fraction of sp³-hybridized carbons (Fsp3) is 0.194. The summed E-state index contributed by atoms with van der Waals surface area (Å²) in [6, 6.07) is 13.5. The van der Waals surface area contributed by atoms with Crippen LogP contribution in [0.2, 0.25) is 10.0 Å². The van der Waals surface area contributed by atoms with Gasteiger partial charge in [-0.1, -0.05) is 46.7 Å². The largest absolute Gasteiger partial charge is 0.486 e. The zero-order valence-electron chi connectivity index (χ0n) is 23.2. The van der Waals surface area contributed by atoms with Gasteiger partial charge < -0.3 is 18.9 Å². The highest BCUT2D eigenvalue weighted by Gasteiger charge is 2.34. The topological polar surface area (TPSA) is 88.4 Å². The molecule has 0 radical (unpaired) electrons. The number of ether oxygens (including phenoxy) is 4. The first-order valence-electron chi connectivity index (χ1n) is 13.3. The lowest BCUT2D eigenvalue weighted by Crippen LogP contribution is -2.39.